The van der Waals surface area contributed by atoms with Crippen molar-refractivity contribution in [2.24, 2.45) is 0 Å². The Hall–Kier alpha value is -3.21. The number of carbonyl (C=O) groups excluding carboxylic acids is 1. The van der Waals surface area contributed by atoms with Crippen molar-refractivity contribution in [3.63, 3.8) is 0 Å². The third-order valence-electron chi connectivity index (χ3n) is 2.77. The molecule has 0 bridgehead atoms. The molecule has 106 valence electrons. The fourth-order valence-corrected chi connectivity index (χ4v) is 1.74. The summed E-state index contributed by atoms with van der Waals surface area (Å²) in [6.07, 6.45) is 1.20. The number of aromatic nitrogens is 2. The number of nitriles is 1. The minimum absolute atomic E-state index is 0.267. The first-order valence-electron chi connectivity index (χ1n) is 6.09. The molecule has 2 rings (SSSR count). The lowest BCUT2D eigenvalue weighted by Crippen LogP contribution is -2.15. The molecule has 0 saturated carbocycles. The Balaban J connectivity index is 2.35. The summed E-state index contributed by atoms with van der Waals surface area (Å²) in [5.74, 6) is -0.725. The molecule has 1 amide bonds. The van der Waals surface area contributed by atoms with Gasteiger partial charge in [0.2, 0.25) is 5.69 Å². The molecule has 1 aromatic carbocycles. The van der Waals surface area contributed by atoms with E-state index in [9.17, 15) is 14.9 Å². The van der Waals surface area contributed by atoms with Crippen LogP contribution in [0.25, 0.3) is 0 Å². The van der Waals surface area contributed by atoms with Crippen LogP contribution in [-0.4, -0.2) is 20.6 Å². The van der Waals surface area contributed by atoms with Crippen molar-refractivity contribution in [1.29, 1.82) is 5.26 Å². The van der Waals surface area contributed by atoms with Gasteiger partial charge < -0.3 is 5.32 Å². The molecule has 0 atom stereocenters. The molecule has 0 fully saturated rings. The normalized spacial score (nSPS) is 9.90. The van der Waals surface area contributed by atoms with Crippen molar-refractivity contribution in [3.8, 4) is 6.07 Å². The van der Waals surface area contributed by atoms with Crippen LogP contribution in [0, 0.1) is 21.4 Å². The lowest BCUT2D eigenvalue weighted by Gasteiger charge is -2.04. The van der Waals surface area contributed by atoms with Crippen LogP contribution < -0.4 is 5.32 Å². The SMILES string of the molecule is CCn1cc([N+](=O)[O-])c(C(=O)Nc2ccccc2C#N)n1. The number of hydrogen-bond acceptors (Lipinski definition) is 5. The van der Waals surface area contributed by atoms with Crippen molar-refractivity contribution in [2.75, 3.05) is 5.32 Å². The Morgan fingerprint density at radius 1 is 1.52 bits per heavy atom. The van der Waals surface area contributed by atoms with Crippen LogP contribution in [0.2, 0.25) is 0 Å². The number of nitrogens with one attached hydrogen (secondary N) is 1. The van der Waals surface area contributed by atoms with Gasteiger partial charge in [0.1, 0.15) is 12.3 Å². The largest absolute Gasteiger partial charge is 0.320 e. The minimum atomic E-state index is -0.725. The number of nitrogens with zero attached hydrogens (tertiary/aromatic N) is 4. The van der Waals surface area contributed by atoms with E-state index in [1.165, 1.54) is 16.9 Å². The van der Waals surface area contributed by atoms with E-state index in [1.807, 2.05) is 6.07 Å². The van der Waals surface area contributed by atoms with E-state index in [1.54, 1.807) is 25.1 Å². The molecule has 21 heavy (non-hydrogen) atoms. The van der Waals surface area contributed by atoms with E-state index in [-0.39, 0.29) is 22.6 Å². The average molecular weight is 285 g/mol. The zero-order chi connectivity index (χ0) is 15.4. The Bertz CT molecular complexity index is 745. The van der Waals surface area contributed by atoms with Crippen LogP contribution in [0.5, 0.6) is 0 Å². The highest BCUT2D eigenvalue weighted by Crippen LogP contribution is 2.20. The van der Waals surface area contributed by atoms with Gasteiger partial charge in [0.05, 0.1) is 16.2 Å². The van der Waals surface area contributed by atoms with Gasteiger partial charge in [0.25, 0.3) is 5.91 Å². The van der Waals surface area contributed by atoms with Crippen molar-refractivity contribution in [3.05, 3.63) is 51.8 Å². The first-order chi connectivity index (χ1) is 10.1. The molecular weight excluding hydrogens is 274 g/mol. The van der Waals surface area contributed by atoms with Gasteiger partial charge in [-0.25, -0.2) is 0 Å². The molecule has 0 radical (unpaired) electrons. The van der Waals surface area contributed by atoms with E-state index in [2.05, 4.69) is 10.4 Å². The Labute approximate surface area is 119 Å². The molecule has 0 aliphatic rings. The summed E-state index contributed by atoms with van der Waals surface area (Å²) in [4.78, 5) is 22.4. The van der Waals surface area contributed by atoms with E-state index in [4.69, 9.17) is 5.26 Å². The Morgan fingerprint density at radius 3 is 2.86 bits per heavy atom. The first kappa shape index (κ1) is 14.2. The standard InChI is InChI=1S/C13H11N5O3/c1-2-17-8-11(18(20)21)12(16-17)13(19)15-10-6-4-3-5-9(10)7-14/h3-6,8H,2H2,1H3,(H,15,19). The summed E-state index contributed by atoms with van der Waals surface area (Å²) in [5.41, 5.74) is -0.104. The maximum atomic E-state index is 12.1. The number of anilines is 1. The average Bonchev–Trinajstić information content (AvgIpc) is 2.92. The topological polar surface area (TPSA) is 114 Å². The van der Waals surface area contributed by atoms with Crippen molar-refractivity contribution < 1.29 is 9.72 Å². The second-order valence-electron chi connectivity index (χ2n) is 4.09. The second kappa shape index (κ2) is 5.83. The highest BCUT2D eigenvalue weighted by atomic mass is 16.6. The fourth-order valence-electron chi connectivity index (χ4n) is 1.74. The molecule has 2 aromatic rings. The Morgan fingerprint density at radius 2 is 2.24 bits per heavy atom. The van der Waals surface area contributed by atoms with Crippen LogP contribution in [0.1, 0.15) is 23.0 Å². The third-order valence-corrected chi connectivity index (χ3v) is 2.77. The fraction of sp³-hybridized carbons (Fsp3) is 0.154. The highest BCUT2D eigenvalue weighted by Gasteiger charge is 2.25. The summed E-state index contributed by atoms with van der Waals surface area (Å²) in [5, 5.41) is 26.3. The number of aryl methyl sites for hydroxylation is 1. The smallest absolute Gasteiger partial charge is 0.319 e. The predicted molar refractivity (Wildman–Crippen MR) is 73.7 cm³/mol. The molecule has 0 spiro atoms. The van der Waals surface area contributed by atoms with Crippen LogP contribution >= 0.6 is 0 Å². The number of hydrogen-bond donors (Lipinski definition) is 1. The predicted octanol–water partition coefficient (Wildman–Crippen LogP) is 1.94. The van der Waals surface area contributed by atoms with E-state index < -0.39 is 10.8 Å². The number of amides is 1. The van der Waals surface area contributed by atoms with Gasteiger partial charge in [-0.3, -0.25) is 19.6 Å². The molecule has 8 nitrogen and oxygen atoms in total. The van der Waals surface area contributed by atoms with E-state index in [0.717, 1.165) is 0 Å². The molecule has 1 heterocycles. The van der Waals surface area contributed by atoms with Crippen LogP contribution in [-0.2, 0) is 6.54 Å². The van der Waals surface area contributed by atoms with Crippen LogP contribution in [0.4, 0.5) is 11.4 Å². The maximum absolute atomic E-state index is 12.1. The number of carbonyl (C=O) groups is 1. The molecule has 0 unspecified atom stereocenters. The number of para-hydroxylation sites is 1. The summed E-state index contributed by atoms with van der Waals surface area (Å²) in [7, 11) is 0. The van der Waals surface area contributed by atoms with Gasteiger partial charge in [-0.15, -0.1) is 0 Å². The van der Waals surface area contributed by atoms with Crippen LogP contribution in [0.3, 0.4) is 0 Å². The van der Waals surface area contributed by atoms with Crippen LogP contribution in [0.15, 0.2) is 30.5 Å². The molecule has 0 saturated heterocycles. The molecule has 1 N–H and O–H groups in total. The number of benzene rings is 1. The molecule has 0 aliphatic carbocycles. The third kappa shape index (κ3) is 2.87. The quantitative estimate of drug-likeness (QED) is 0.681. The highest BCUT2D eigenvalue weighted by molar-refractivity contribution is 6.06. The maximum Gasteiger partial charge on any atom is 0.320 e. The summed E-state index contributed by atoms with van der Waals surface area (Å²) >= 11 is 0. The van der Waals surface area contributed by atoms with E-state index >= 15 is 0 Å². The first-order valence-corrected chi connectivity index (χ1v) is 6.09. The Kier molecular flexibility index (Phi) is 3.95. The second-order valence-corrected chi connectivity index (χ2v) is 4.09. The molecule has 8 heteroatoms. The molecular formula is C13H11N5O3. The minimum Gasteiger partial charge on any atom is -0.319 e. The number of nitro groups is 1. The van der Waals surface area contributed by atoms with Gasteiger partial charge in [0, 0.05) is 6.54 Å². The summed E-state index contributed by atoms with van der Waals surface area (Å²) in [6, 6.07) is 8.31. The van der Waals surface area contributed by atoms with Gasteiger partial charge >= 0.3 is 5.69 Å². The van der Waals surface area contributed by atoms with Gasteiger partial charge in [-0.05, 0) is 19.1 Å². The van der Waals surface area contributed by atoms with Crippen molar-refractivity contribution in [2.45, 2.75) is 13.5 Å². The van der Waals surface area contributed by atoms with Gasteiger partial charge in [0.15, 0.2) is 0 Å². The van der Waals surface area contributed by atoms with Crippen molar-refractivity contribution >= 4 is 17.3 Å². The number of rotatable bonds is 4. The monoisotopic (exact) mass is 285 g/mol. The lowest BCUT2D eigenvalue weighted by atomic mass is 10.2. The van der Waals surface area contributed by atoms with E-state index in [0.29, 0.717) is 6.54 Å². The lowest BCUT2D eigenvalue weighted by molar-refractivity contribution is -0.385. The molecule has 0 aliphatic heterocycles. The summed E-state index contributed by atoms with van der Waals surface area (Å²) in [6.45, 7) is 2.16. The van der Waals surface area contributed by atoms with Gasteiger partial charge in [-0.1, -0.05) is 12.1 Å². The van der Waals surface area contributed by atoms with Gasteiger partial charge in [-0.2, -0.15) is 10.4 Å². The molecule has 1 aromatic heterocycles. The summed E-state index contributed by atoms with van der Waals surface area (Å²) < 4.78 is 1.31. The zero-order valence-electron chi connectivity index (χ0n) is 11.1. The zero-order valence-corrected chi connectivity index (χ0v) is 11.1. The van der Waals surface area contributed by atoms with Crippen molar-refractivity contribution in [1.82, 2.24) is 9.78 Å².